The Balaban J connectivity index is 1.57. The van der Waals surface area contributed by atoms with E-state index in [4.69, 9.17) is 27.9 Å². The number of amides is 1. The van der Waals surface area contributed by atoms with Gasteiger partial charge in [0, 0.05) is 33.9 Å². The normalized spacial score (nSPS) is 12.0. The van der Waals surface area contributed by atoms with Crippen molar-refractivity contribution in [2.45, 2.75) is 39.5 Å². The highest BCUT2D eigenvalue weighted by atomic mass is 35.5. The topological polar surface area (TPSA) is 98.5 Å². The molecule has 164 valence electrons. The van der Waals surface area contributed by atoms with Gasteiger partial charge in [0.1, 0.15) is 0 Å². The zero-order chi connectivity index (χ0) is 22.5. The highest BCUT2D eigenvalue weighted by Gasteiger charge is 2.19. The van der Waals surface area contributed by atoms with Crippen molar-refractivity contribution in [1.29, 1.82) is 0 Å². The molecule has 0 bridgehead atoms. The maximum Gasteiger partial charge on any atom is 0.378 e. The fourth-order valence-corrected chi connectivity index (χ4v) is 3.85. The van der Waals surface area contributed by atoms with Gasteiger partial charge in [-0.3, -0.25) is 4.79 Å². The van der Waals surface area contributed by atoms with E-state index in [1.54, 1.807) is 12.1 Å². The van der Waals surface area contributed by atoms with Crippen molar-refractivity contribution in [3.8, 4) is 0 Å². The van der Waals surface area contributed by atoms with Crippen molar-refractivity contribution in [2.75, 3.05) is 13.2 Å². The summed E-state index contributed by atoms with van der Waals surface area (Å²) >= 11 is 12.3. The largest absolute Gasteiger partial charge is 0.450 e. The van der Waals surface area contributed by atoms with Crippen LogP contribution in [-0.4, -0.2) is 44.6 Å². The standard InChI is InChI=1S/C21H23Cl2N5O3/c1-4-5-14(16-7-6-15(22)9-17(16)23)10-24-18(29)11-31-20(30)19-26-21-25-12(2)8-13(3)28(21)27-19/h6-9,14H,4-5,10-11H2,1-3H3,(H,24,29)/t14-/m0/s1. The lowest BCUT2D eigenvalue weighted by molar-refractivity contribution is -0.124. The zero-order valence-electron chi connectivity index (χ0n) is 17.5. The van der Waals surface area contributed by atoms with Gasteiger partial charge in [-0.1, -0.05) is 42.6 Å². The number of carbonyl (C=O) groups excluding carboxylic acids is 2. The van der Waals surface area contributed by atoms with E-state index in [9.17, 15) is 9.59 Å². The summed E-state index contributed by atoms with van der Waals surface area (Å²) < 4.78 is 6.52. The van der Waals surface area contributed by atoms with Crippen LogP contribution >= 0.6 is 23.2 Å². The minimum absolute atomic E-state index is 0.0202. The van der Waals surface area contributed by atoms with Crippen molar-refractivity contribution >= 4 is 40.9 Å². The maximum atomic E-state index is 12.3. The predicted octanol–water partition coefficient (Wildman–Crippen LogP) is 3.90. The van der Waals surface area contributed by atoms with Crippen LogP contribution in [0.3, 0.4) is 0 Å². The molecule has 0 aliphatic heterocycles. The highest BCUT2D eigenvalue weighted by Crippen LogP contribution is 2.30. The molecule has 1 atom stereocenters. The Kier molecular flexibility index (Phi) is 7.46. The Labute approximate surface area is 189 Å². The third-order valence-electron chi connectivity index (χ3n) is 4.72. The molecule has 0 saturated carbocycles. The molecule has 31 heavy (non-hydrogen) atoms. The quantitative estimate of drug-likeness (QED) is 0.508. The number of aryl methyl sites for hydroxylation is 2. The van der Waals surface area contributed by atoms with Gasteiger partial charge >= 0.3 is 5.97 Å². The van der Waals surface area contributed by atoms with E-state index >= 15 is 0 Å². The van der Waals surface area contributed by atoms with Crippen molar-refractivity contribution in [3.05, 3.63) is 57.1 Å². The van der Waals surface area contributed by atoms with Gasteiger partial charge in [0.15, 0.2) is 6.61 Å². The first-order valence-corrected chi connectivity index (χ1v) is 10.6. The molecule has 0 aliphatic carbocycles. The lowest BCUT2D eigenvalue weighted by atomic mass is 9.94. The Morgan fingerprint density at radius 2 is 1.97 bits per heavy atom. The smallest absolute Gasteiger partial charge is 0.378 e. The third kappa shape index (κ3) is 5.71. The SMILES string of the molecule is CCC[C@@H](CNC(=O)COC(=O)c1nc2nc(C)cc(C)n2n1)c1ccc(Cl)cc1Cl. The number of nitrogens with zero attached hydrogens (tertiary/aromatic N) is 4. The number of carbonyl (C=O) groups is 2. The number of fused-ring (bicyclic) bond motifs is 1. The highest BCUT2D eigenvalue weighted by molar-refractivity contribution is 6.35. The second-order valence-corrected chi connectivity index (χ2v) is 8.06. The van der Waals surface area contributed by atoms with Crippen LogP contribution in [0.15, 0.2) is 24.3 Å². The van der Waals surface area contributed by atoms with Gasteiger partial charge in [0.2, 0.25) is 0 Å². The number of halogens is 2. The number of aromatic nitrogens is 4. The fourth-order valence-electron chi connectivity index (χ4n) is 3.29. The van der Waals surface area contributed by atoms with Crippen LogP contribution in [-0.2, 0) is 9.53 Å². The monoisotopic (exact) mass is 463 g/mol. The predicted molar refractivity (Wildman–Crippen MR) is 118 cm³/mol. The molecule has 0 unspecified atom stereocenters. The van der Waals surface area contributed by atoms with Gasteiger partial charge in [0.05, 0.1) is 0 Å². The second kappa shape index (κ2) is 10.1. The summed E-state index contributed by atoms with van der Waals surface area (Å²) in [4.78, 5) is 32.8. The van der Waals surface area contributed by atoms with E-state index in [-0.39, 0.29) is 11.7 Å². The number of rotatable bonds is 8. The van der Waals surface area contributed by atoms with E-state index in [1.165, 1.54) is 4.52 Å². The van der Waals surface area contributed by atoms with Crippen LogP contribution in [0.4, 0.5) is 0 Å². The van der Waals surface area contributed by atoms with Gasteiger partial charge in [-0.2, -0.15) is 4.98 Å². The van der Waals surface area contributed by atoms with E-state index in [1.807, 2.05) is 26.0 Å². The molecular weight excluding hydrogens is 441 g/mol. The number of hydrogen-bond acceptors (Lipinski definition) is 6. The summed E-state index contributed by atoms with van der Waals surface area (Å²) in [6.45, 7) is 5.64. The summed E-state index contributed by atoms with van der Waals surface area (Å²) in [5, 5.41) is 8.00. The Hall–Kier alpha value is -2.71. The van der Waals surface area contributed by atoms with Crippen molar-refractivity contribution in [2.24, 2.45) is 0 Å². The van der Waals surface area contributed by atoms with Gasteiger partial charge in [-0.05, 0) is 44.0 Å². The molecule has 1 N–H and O–H groups in total. The summed E-state index contributed by atoms with van der Waals surface area (Å²) in [5.74, 6) is -1.04. The first-order valence-electron chi connectivity index (χ1n) is 9.88. The first-order chi connectivity index (χ1) is 14.8. The summed E-state index contributed by atoms with van der Waals surface area (Å²) in [6.07, 6.45) is 1.75. The van der Waals surface area contributed by atoms with Gasteiger partial charge in [0.25, 0.3) is 17.5 Å². The molecule has 3 aromatic rings. The van der Waals surface area contributed by atoms with Gasteiger partial charge < -0.3 is 10.1 Å². The Morgan fingerprint density at radius 1 is 1.19 bits per heavy atom. The van der Waals surface area contributed by atoms with Crippen LogP contribution < -0.4 is 5.32 Å². The lowest BCUT2D eigenvalue weighted by Gasteiger charge is -2.19. The van der Waals surface area contributed by atoms with Crippen LogP contribution in [0.25, 0.3) is 5.78 Å². The third-order valence-corrected chi connectivity index (χ3v) is 5.28. The molecule has 1 aromatic carbocycles. The summed E-state index contributed by atoms with van der Waals surface area (Å²) in [5.41, 5.74) is 2.46. The number of hydrogen-bond donors (Lipinski definition) is 1. The molecule has 2 heterocycles. The average molecular weight is 464 g/mol. The lowest BCUT2D eigenvalue weighted by Crippen LogP contribution is -2.32. The molecule has 10 heteroatoms. The maximum absolute atomic E-state index is 12.3. The number of benzene rings is 1. The van der Waals surface area contributed by atoms with E-state index in [0.717, 1.165) is 29.8 Å². The number of ether oxygens (including phenoxy) is 1. The van der Waals surface area contributed by atoms with Crippen molar-refractivity contribution in [3.63, 3.8) is 0 Å². The van der Waals surface area contributed by atoms with Gasteiger partial charge in [-0.25, -0.2) is 14.3 Å². The van der Waals surface area contributed by atoms with Crippen molar-refractivity contribution in [1.82, 2.24) is 24.9 Å². The Bertz CT molecular complexity index is 1120. The minimum atomic E-state index is -0.788. The number of esters is 1. The van der Waals surface area contributed by atoms with E-state index < -0.39 is 18.5 Å². The molecule has 0 radical (unpaired) electrons. The van der Waals surface area contributed by atoms with E-state index in [0.29, 0.717) is 22.4 Å². The molecule has 3 rings (SSSR count). The second-order valence-electron chi connectivity index (χ2n) is 7.22. The summed E-state index contributed by atoms with van der Waals surface area (Å²) in [6, 6.07) is 7.15. The molecule has 0 fully saturated rings. The zero-order valence-corrected chi connectivity index (χ0v) is 19.0. The molecule has 0 aliphatic rings. The first kappa shape index (κ1) is 23.0. The van der Waals surface area contributed by atoms with Crippen LogP contribution in [0, 0.1) is 13.8 Å². The van der Waals surface area contributed by atoms with Gasteiger partial charge in [-0.15, -0.1) is 5.10 Å². The molecule has 0 saturated heterocycles. The molecule has 0 spiro atoms. The van der Waals surface area contributed by atoms with E-state index in [2.05, 4.69) is 27.3 Å². The van der Waals surface area contributed by atoms with Crippen LogP contribution in [0.5, 0.6) is 0 Å². The Morgan fingerprint density at radius 3 is 2.68 bits per heavy atom. The molecule has 8 nitrogen and oxygen atoms in total. The molecule has 1 amide bonds. The molecule has 2 aromatic heterocycles. The summed E-state index contributed by atoms with van der Waals surface area (Å²) in [7, 11) is 0. The van der Waals surface area contributed by atoms with Crippen LogP contribution in [0.2, 0.25) is 10.0 Å². The number of nitrogens with one attached hydrogen (secondary N) is 1. The fraction of sp³-hybridized carbons (Fsp3) is 0.381. The average Bonchev–Trinajstić information content (AvgIpc) is 3.14. The van der Waals surface area contributed by atoms with Crippen molar-refractivity contribution < 1.29 is 14.3 Å². The molecular formula is C21H23Cl2N5O3. The van der Waals surface area contributed by atoms with Crippen LogP contribution in [0.1, 0.15) is 53.3 Å². The minimum Gasteiger partial charge on any atom is -0.450 e.